The van der Waals surface area contributed by atoms with Crippen molar-refractivity contribution in [2.75, 3.05) is 0 Å². The van der Waals surface area contributed by atoms with Crippen LogP contribution in [0.25, 0.3) is 32.7 Å². The number of hydrogen-bond acceptors (Lipinski definition) is 5. The van der Waals surface area contributed by atoms with Gasteiger partial charge in [0.1, 0.15) is 16.9 Å². The van der Waals surface area contributed by atoms with Crippen LogP contribution in [-0.4, -0.2) is 15.7 Å². The van der Waals surface area contributed by atoms with Gasteiger partial charge in [0.15, 0.2) is 5.69 Å². The van der Waals surface area contributed by atoms with Crippen molar-refractivity contribution in [1.82, 2.24) is 9.78 Å². The SMILES string of the molecule is Cn1nc(C(=O)Oc2ccc3oc4ccccc4c3c2)c2ccccc2c1=O. The molecule has 136 valence electrons. The van der Waals surface area contributed by atoms with Crippen LogP contribution in [0, 0.1) is 0 Å². The molecule has 2 heterocycles. The van der Waals surface area contributed by atoms with Crippen molar-refractivity contribution in [3.8, 4) is 5.75 Å². The molecule has 0 aliphatic heterocycles. The first-order valence-electron chi connectivity index (χ1n) is 8.71. The molecule has 0 aliphatic carbocycles. The molecule has 5 aromatic rings. The lowest BCUT2D eigenvalue weighted by Crippen LogP contribution is -2.24. The summed E-state index contributed by atoms with van der Waals surface area (Å²) < 4.78 is 12.5. The third kappa shape index (κ3) is 2.46. The number of ether oxygens (including phenoxy) is 1. The van der Waals surface area contributed by atoms with Crippen molar-refractivity contribution in [1.29, 1.82) is 0 Å². The Kier molecular flexibility index (Phi) is 3.52. The third-order valence-corrected chi connectivity index (χ3v) is 4.71. The second kappa shape index (κ2) is 6.06. The van der Waals surface area contributed by atoms with Crippen LogP contribution >= 0.6 is 0 Å². The van der Waals surface area contributed by atoms with Gasteiger partial charge in [-0.25, -0.2) is 9.48 Å². The summed E-state index contributed by atoms with van der Waals surface area (Å²) in [5, 5.41) is 6.80. The van der Waals surface area contributed by atoms with Crippen LogP contribution in [0.3, 0.4) is 0 Å². The Morgan fingerprint density at radius 3 is 2.39 bits per heavy atom. The van der Waals surface area contributed by atoms with Crippen LogP contribution in [0.4, 0.5) is 0 Å². The number of benzene rings is 3. The number of aromatic nitrogens is 2. The molecule has 0 saturated heterocycles. The highest BCUT2D eigenvalue weighted by molar-refractivity contribution is 6.06. The molecule has 0 radical (unpaired) electrons. The standard InChI is InChI=1S/C22H14N2O4/c1-24-21(25)16-8-3-2-7-15(16)20(23-24)22(26)27-13-10-11-19-17(12-13)14-6-4-5-9-18(14)28-19/h2-12H,1H3. The van der Waals surface area contributed by atoms with Crippen LogP contribution < -0.4 is 10.3 Å². The van der Waals surface area contributed by atoms with Crippen LogP contribution in [0.15, 0.2) is 75.9 Å². The van der Waals surface area contributed by atoms with E-state index in [9.17, 15) is 9.59 Å². The van der Waals surface area contributed by atoms with E-state index in [-0.39, 0.29) is 11.3 Å². The number of aryl methyl sites for hydroxylation is 1. The van der Waals surface area contributed by atoms with Gasteiger partial charge in [-0.2, -0.15) is 5.10 Å². The minimum absolute atomic E-state index is 0.0925. The summed E-state index contributed by atoms with van der Waals surface area (Å²) in [7, 11) is 1.51. The molecule has 0 fully saturated rings. The highest BCUT2D eigenvalue weighted by atomic mass is 16.5. The molecule has 0 saturated carbocycles. The Bertz CT molecular complexity index is 1450. The summed E-state index contributed by atoms with van der Waals surface area (Å²) in [4.78, 5) is 25.0. The number of rotatable bonds is 2. The molecule has 2 aromatic heterocycles. The number of fused-ring (bicyclic) bond motifs is 4. The smallest absolute Gasteiger partial charge is 0.364 e. The third-order valence-electron chi connectivity index (χ3n) is 4.71. The number of carbonyl (C=O) groups excluding carboxylic acids is 1. The number of esters is 1. The zero-order chi connectivity index (χ0) is 19.3. The van der Waals surface area contributed by atoms with Gasteiger partial charge in [0.05, 0.1) is 5.39 Å². The fraction of sp³-hybridized carbons (Fsp3) is 0.0455. The molecule has 0 atom stereocenters. The van der Waals surface area contributed by atoms with Gasteiger partial charge in [0, 0.05) is 23.2 Å². The lowest BCUT2D eigenvalue weighted by atomic mass is 10.1. The van der Waals surface area contributed by atoms with E-state index in [0.717, 1.165) is 21.0 Å². The van der Waals surface area contributed by atoms with E-state index in [1.54, 1.807) is 42.5 Å². The molecular formula is C22H14N2O4. The van der Waals surface area contributed by atoms with Crippen molar-refractivity contribution in [2.45, 2.75) is 0 Å². The minimum Gasteiger partial charge on any atom is -0.456 e. The number of hydrogen-bond donors (Lipinski definition) is 0. The lowest BCUT2D eigenvalue weighted by Gasteiger charge is -2.08. The first-order valence-corrected chi connectivity index (χ1v) is 8.71. The summed E-state index contributed by atoms with van der Waals surface area (Å²) in [5.41, 5.74) is 1.31. The molecule has 3 aromatic carbocycles. The fourth-order valence-corrected chi connectivity index (χ4v) is 3.37. The fourth-order valence-electron chi connectivity index (χ4n) is 3.37. The molecule has 28 heavy (non-hydrogen) atoms. The summed E-state index contributed by atoms with van der Waals surface area (Å²) >= 11 is 0. The Hall–Kier alpha value is -3.93. The zero-order valence-electron chi connectivity index (χ0n) is 14.9. The Morgan fingerprint density at radius 2 is 1.57 bits per heavy atom. The summed E-state index contributed by atoms with van der Waals surface area (Å²) in [6.45, 7) is 0. The average Bonchev–Trinajstić information content (AvgIpc) is 3.09. The average molecular weight is 370 g/mol. The van der Waals surface area contributed by atoms with E-state index < -0.39 is 5.97 Å². The topological polar surface area (TPSA) is 74.3 Å². The van der Waals surface area contributed by atoms with Gasteiger partial charge in [-0.15, -0.1) is 0 Å². The maximum absolute atomic E-state index is 12.8. The quantitative estimate of drug-likeness (QED) is 0.346. The molecule has 0 spiro atoms. The second-order valence-electron chi connectivity index (χ2n) is 6.47. The molecule has 0 unspecified atom stereocenters. The monoisotopic (exact) mass is 370 g/mol. The van der Waals surface area contributed by atoms with Crippen molar-refractivity contribution in [2.24, 2.45) is 7.05 Å². The molecule has 0 bridgehead atoms. The van der Waals surface area contributed by atoms with Crippen LogP contribution in [-0.2, 0) is 7.05 Å². The summed E-state index contributed by atoms with van der Waals surface area (Å²) in [6.07, 6.45) is 0. The molecule has 0 N–H and O–H groups in total. The Labute approximate surface area is 158 Å². The molecule has 6 heteroatoms. The van der Waals surface area contributed by atoms with E-state index in [2.05, 4.69) is 5.10 Å². The summed E-state index contributed by atoms with van der Waals surface area (Å²) in [6, 6.07) is 19.7. The molecule has 0 amide bonds. The Balaban J connectivity index is 1.59. The van der Waals surface area contributed by atoms with Crippen molar-refractivity contribution >= 4 is 38.7 Å². The normalized spacial score (nSPS) is 11.3. The van der Waals surface area contributed by atoms with E-state index in [4.69, 9.17) is 9.15 Å². The summed E-state index contributed by atoms with van der Waals surface area (Å²) in [5.74, 6) is -0.247. The predicted molar refractivity (Wildman–Crippen MR) is 106 cm³/mol. The van der Waals surface area contributed by atoms with E-state index in [0.29, 0.717) is 22.1 Å². The highest BCUT2D eigenvalue weighted by Crippen LogP contribution is 2.31. The molecule has 5 rings (SSSR count). The highest BCUT2D eigenvalue weighted by Gasteiger charge is 2.18. The maximum atomic E-state index is 12.8. The number of furan rings is 1. The van der Waals surface area contributed by atoms with Crippen molar-refractivity contribution in [3.63, 3.8) is 0 Å². The predicted octanol–water partition coefficient (Wildman–Crippen LogP) is 4.05. The van der Waals surface area contributed by atoms with Gasteiger partial charge in [-0.1, -0.05) is 36.4 Å². The first kappa shape index (κ1) is 16.3. The van der Waals surface area contributed by atoms with Gasteiger partial charge in [0.25, 0.3) is 5.56 Å². The largest absolute Gasteiger partial charge is 0.456 e. The van der Waals surface area contributed by atoms with Crippen molar-refractivity contribution < 1.29 is 13.9 Å². The van der Waals surface area contributed by atoms with Crippen LogP contribution in [0.2, 0.25) is 0 Å². The van der Waals surface area contributed by atoms with Gasteiger partial charge in [-0.05, 0) is 30.3 Å². The molecular weight excluding hydrogens is 356 g/mol. The van der Waals surface area contributed by atoms with Crippen LogP contribution in [0.5, 0.6) is 5.75 Å². The first-order chi connectivity index (χ1) is 13.6. The van der Waals surface area contributed by atoms with Gasteiger partial charge in [-0.3, -0.25) is 4.79 Å². The van der Waals surface area contributed by atoms with Gasteiger partial charge >= 0.3 is 5.97 Å². The van der Waals surface area contributed by atoms with E-state index in [1.165, 1.54) is 7.05 Å². The molecule has 6 nitrogen and oxygen atoms in total. The lowest BCUT2D eigenvalue weighted by molar-refractivity contribution is 0.0728. The van der Waals surface area contributed by atoms with Gasteiger partial charge < -0.3 is 9.15 Å². The van der Waals surface area contributed by atoms with E-state index >= 15 is 0 Å². The number of carbonyl (C=O) groups is 1. The van der Waals surface area contributed by atoms with Crippen LogP contribution in [0.1, 0.15) is 10.5 Å². The maximum Gasteiger partial charge on any atom is 0.364 e. The number of para-hydroxylation sites is 1. The number of nitrogens with zero attached hydrogens (tertiary/aromatic N) is 2. The Morgan fingerprint density at radius 1 is 0.893 bits per heavy atom. The zero-order valence-corrected chi connectivity index (χ0v) is 14.9. The van der Waals surface area contributed by atoms with Gasteiger partial charge in [0.2, 0.25) is 0 Å². The van der Waals surface area contributed by atoms with E-state index in [1.807, 2.05) is 24.3 Å². The second-order valence-corrected chi connectivity index (χ2v) is 6.47. The molecule has 0 aliphatic rings. The van der Waals surface area contributed by atoms with Crippen molar-refractivity contribution in [3.05, 3.63) is 82.8 Å². The minimum atomic E-state index is -0.626.